The smallest absolute Gasteiger partial charge is 0.0649 e. The van der Waals surface area contributed by atoms with Gasteiger partial charge in [0.25, 0.3) is 0 Å². The van der Waals surface area contributed by atoms with Gasteiger partial charge in [0.1, 0.15) is 0 Å². The van der Waals surface area contributed by atoms with Gasteiger partial charge in [0.2, 0.25) is 0 Å². The predicted molar refractivity (Wildman–Crippen MR) is 50.0 cm³/mol. The van der Waals surface area contributed by atoms with Crippen LogP contribution in [0.1, 0.15) is 6.42 Å². The van der Waals surface area contributed by atoms with E-state index in [2.05, 4.69) is 13.2 Å². The Morgan fingerprint density at radius 3 is 1.58 bits per heavy atom. The molecule has 0 fully saturated rings. The Morgan fingerprint density at radius 1 is 1.00 bits per heavy atom. The molecular weight excluding hydrogens is 156 g/mol. The van der Waals surface area contributed by atoms with Gasteiger partial charge >= 0.3 is 0 Å². The quantitative estimate of drug-likeness (QED) is 0.461. The van der Waals surface area contributed by atoms with Crippen LogP contribution in [0.25, 0.3) is 0 Å². The summed E-state index contributed by atoms with van der Waals surface area (Å²) < 4.78 is 4.90. The molecule has 0 bridgehead atoms. The van der Waals surface area contributed by atoms with Crippen LogP contribution in [-0.4, -0.2) is 36.6 Å². The van der Waals surface area contributed by atoms with E-state index in [1.54, 1.807) is 12.2 Å². The molecule has 3 nitrogen and oxygen atoms in total. The standard InChI is InChI=1S/C6H10O.C3H8O2/c1-3-5-7-6-4-2;4-2-1-3-5/h3-4H,1-2,5-6H2;4-5H,1-3H2. The Morgan fingerprint density at radius 2 is 1.42 bits per heavy atom. The normalized spacial score (nSPS) is 8.17. The molecule has 0 saturated heterocycles. The molecule has 0 saturated carbocycles. The molecule has 0 heterocycles. The molecule has 0 aromatic heterocycles. The Balaban J connectivity index is 0. The molecule has 0 rings (SSSR count). The molecule has 0 amide bonds. The molecule has 0 aromatic rings. The number of hydrogen-bond donors (Lipinski definition) is 2. The molecule has 0 radical (unpaired) electrons. The van der Waals surface area contributed by atoms with Gasteiger partial charge in [-0.2, -0.15) is 0 Å². The summed E-state index contributed by atoms with van der Waals surface area (Å²) in [4.78, 5) is 0. The number of rotatable bonds is 6. The lowest BCUT2D eigenvalue weighted by atomic mass is 10.5. The number of hydrogen-bond acceptors (Lipinski definition) is 3. The van der Waals surface area contributed by atoms with Crippen molar-refractivity contribution in [3.63, 3.8) is 0 Å². The molecule has 72 valence electrons. The maximum Gasteiger partial charge on any atom is 0.0649 e. The third-order valence-corrected chi connectivity index (χ3v) is 0.788. The van der Waals surface area contributed by atoms with Crippen LogP contribution in [-0.2, 0) is 4.74 Å². The highest BCUT2D eigenvalue weighted by Crippen LogP contribution is 1.72. The largest absolute Gasteiger partial charge is 0.396 e. The van der Waals surface area contributed by atoms with Crippen LogP contribution in [0.15, 0.2) is 25.3 Å². The average molecular weight is 174 g/mol. The summed E-state index contributed by atoms with van der Waals surface area (Å²) in [6.07, 6.45) is 3.92. The zero-order chi connectivity index (χ0) is 9.66. The summed E-state index contributed by atoms with van der Waals surface area (Å²) in [5.74, 6) is 0. The Labute approximate surface area is 74.0 Å². The van der Waals surface area contributed by atoms with Gasteiger partial charge < -0.3 is 14.9 Å². The van der Waals surface area contributed by atoms with Gasteiger partial charge in [-0.15, -0.1) is 13.2 Å². The average Bonchev–Trinajstić information content (AvgIpc) is 2.08. The lowest BCUT2D eigenvalue weighted by molar-refractivity contribution is 0.194. The third kappa shape index (κ3) is 22.8. The van der Waals surface area contributed by atoms with Gasteiger partial charge in [-0.05, 0) is 6.42 Å². The van der Waals surface area contributed by atoms with Gasteiger partial charge in [-0.3, -0.25) is 0 Å². The van der Waals surface area contributed by atoms with Crippen molar-refractivity contribution in [1.29, 1.82) is 0 Å². The van der Waals surface area contributed by atoms with Gasteiger partial charge in [0.05, 0.1) is 13.2 Å². The summed E-state index contributed by atoms with van der Waals surface area (Å²) in [6.45, 7) is 8.37. The minimum absolute atomic E-state index is 0.0938. The van der Waals surface area contributed by atoms with E-state index < -0.39 is 0 Å². The number of aliphatic hydroxyl groups is 2. The Kier molecular flexibility index (Phi) is 19.4. The van der Waals surface area contributed by atoms with Crippen molar-refractivity contribution in [2.45, 2.75) is 6.42 Å². The summed E-state index contributed by atoms with van der Waals surface area (Å²) in [5.41, 5.74) is 0. The molecule has 0 aliphatic rings. The SMILES string of the molecule is C=CCOCC=C.OCCCO. The van der Waals surface area contributed by atoms with E-state index in [0.29, 0.717) is 19.6 Å². The Bertz CT molecular complexity index is 81.8. The second-order valence-corrected chi connectivity index (χ2v) is 1.92. The van der Waals surface area contributed by atoms with Crippen LogP contribution in [0.5, 0.6) is 0 Å². The molecule has 0 aliphatic heterocycles. The van der Waals surface area contributed by atoms with Crippen LogP contribution in [0, 0.1) is 0 Å². The molecule has 0 unspecified atom stereocenters. The third-order valence-electron chi connectivity index (χ3n) is 0.788. The lowest BCUT2D eigenvalue weighted by Crippen LogP contribution is -1.87. The van der Waals surface area contributed by atoms with Crippen molar-refractivity contribution in [3.05, 3.63) is 25.3 Å². The van der Waals surface area contributed by atoms with Crippen LogP contribution in [0.2, 0.25) is 0 Å². The molecule has 0 spiro atoms. The maximum absolute atomic E-state index is 7.91. The zero-order valence-electron chi connectivity index (χ0n) is 7.41. The van der Waals surface area contributed by atoms with E-state index in [0.717, 1.165) is 0 Å². The van der Waals surface area contributed by atoms with Crippen molar-refractivity contribution in [3.8, 4) is 0 Å². The minimum atomic E-state index is 0.0938. The van der Waals surface area contributed by atoms with Crippen molar-refractivity contribution in [2.75, 3.05) is 26.4 Å². The van der Waals surface area contributed by atoms with E-state index in [-0.39, 0.29) is 13.2 Å². The van der Waals surface area contributed by atoms with E-state index in [1.165, 1.54) is 0 Å². The molecule has 3 heteroatoms. The molecule has 2 N–H and O–H groups in total. The Hall–Kier alpha value is -0.640. The van der Waals surface area contributed by atoms with Gasteiger partial charge in [0.15, 0.2) is 0 Å². The predicted octanol–water partition coefficient (Wildman–Crippen LogP) is 0.736. The highest BCUT2D eigenvalue weighted by atomic mass is 16.5. The van der Waals surface area contributed by atoms with E-state index >= 15 is 0 Å². The fourth-order valence-corrected chi connectivity index (χ4v) is 0.305. The first-order valence-corrected chi connectivity index (χ1v) is 3.84. The van der Waals surface area contributed by atoms with Crippen LogP contribution in [0.3, 0.4) is 0 Å². The lowest BCUT2D eigenvalue weighted by Gasteiger charge is -1.89. The molecular formula is C9H18O3. The number of ether oxygens (including phenoxy) is 1. The van der Waals surface area contributed by atoms with Crippen LogP contribution < -0.4 is 0 Å². The van der Waals surface area contributed by atoms with Crippen LogP contribution >= 0.6 is 0 Å². The maximum atomic E-state index is 7.91. The summed E-state index contributed by atoms with van der Waals surface area (Å²) >= 11 is 0. The van der Waals surface area contributed by atoms with Crippen molar-refractivity contribution < 1.29 is 14.9 Å². The first-order valence-electron chi connectivity index (χ1n) is 3.84. The second kappa shape index (κ2) is 16.8. The van der Waals surface area contributed by atoms with Crippen molar-refractivity contribution in [2.24, 2.45) is 0 Å². The van der Waals surface area contributed by atoms with E-state index in [4.69, 9.17) is 14.9 Å². The molecule has 12 heavy (non-hydrogen) atoms. The van der Waals surface area contributed by atoms with E-state index in [1.807, 2.05) is 0 Å². The summed E-state index contributed by atoms with van der Waals surface area (Å²) in [5, 5.41) is 15.8. The summed E-state index contributed by atoms with van der Waals surface area (Å²) in [7, 11) is 0. The first-order chi connectivity index (χ1) is 5.83. The fraction of sp³-hybridized carbons (Fsp3) is 0.556. The van der Waals surface area contributed by atoms with Gasteiger partial charge in [0, 0.05) is 13.2 Å². The molecule has 0 aliphatic carbocycles. The topological polar surface area (TPSA) is 49.7 Å². The highest BCUT2D eigenvalue weighted by Gasteiger charge is 1.71. The van der Waals surface area contributed by atoms with Gasteiger partial charge in [-0.1, -0.05) is 12.2 Å². The molecule has 0 atom stereocenters. The fourth-order valence-electron chi connectivity index (χ4n) is 0.305. The van der Waals surface area contributed by atoms with Crippen LogP contribution in [0.4, 0.5) is 0 Å². The molecule has 0 aromatic carbocycles. The van der Waals surface area contributed by atoms with E-state index in [9.17, 15) is 0 Å². The minimum Gasteiger partial charge on any atom is -0.396 e. The highest BCUT2D eigenvalue weighted by molar-refractivity contribution is 4.68. The van der Waals surface area contributed by atoms with Crippen molar-refractivity contribution >= 4 is 0 Å². The summed E-state index contributed by atoms with van der Waals surface area (Å²) in [6, 6.07) is 0. The number of aliphatic hydroxyl groups excluding tert-OH is 2. The monoisotopic (exact) mass is 174 g/mol. The zero-order valence-corrected chi connectivity index (χ0v) is 7.41. The van der Waals surface area contributed by atoms with Gasteiger partial charge in [-0.25, -0.2) is 0 Å². The van der Waals surface area contributed by atoms with Crippen molar-refractivity contribution in [1.82, 2.24) is 0 Å². The second-order valence-electron chi connectivity index (χ2n) is 1.92. The first kappa shape index (κ1) is 13.9.